The second-order valence-electron chi connectivity index (χ2n) is 5.46. The van der Waals surface area contributed by atoms with Crippen molar-refractivity contribution < 1.29 is 0 Å². The summed E-state index contributed by atoms with van der Waals surface area (Å²) in [7, 11) is 0. The van der Waals surface area contributed by atoms with Crippen LogP contribution < -0.4 is 10.2 Å². The largest absolute Gasteiger partial charge is 0.370 e. The minimum atomic E-state index is 0.742. The molecule has 4 nitrogen and oxygen atoms in total. The van der Waals surface area contributed by atoms with E-state index in [0.29, 0.717) is 0 Å². The molecular formula is C14H24N4. The fourth-order valence-corrected chi connectivity index (χ4v) is 2.48. The van der Waals surface area contributed by atoms with Gasteiger partial charge in [-0.3, -0.25) is 0 Å². The van der Waals surface area contributed by atoms with Gasteiger partial charge >= 0.3 is 0 Å². The third kappa shape index (κ3) is 2.57. The van der Waals surface area contributed by atoms with E-state index >= 15 is 0 Å². The highest BCUT2D eigenvalue weighted by Crippen LogP contribution is 2.30. The molecule has 0 amide bonds. The number of nitrogens with zero attached hydrogens (tertiary/aromatic N) is 3. The average molecular weight is 248 g/mol. The number of nitrogens with one attached hydrogen (secondary N) is 1. The summed E-state index contributed by atoms with van der Waals surface area (Å²) in [5.74, 6) is 3.56. The quantitative estimate of drug-likeness (QED) is 0.889. The van der Waals surface area contributed by atoms with Gasteiger partial charge in [-0.05, 0) is 25.2 Å². The molecule has 0 saturated carbocycles. The van der Waals surface area contributed by atoms with Crippen LogP contribution in [-0.4, -0.2) is 29.6 Å². The Hall–Kier alpha value is -1.32. The van der Waals surface area contributed by atoms with E-state index in [1.807, 2.05) is 0 Å². The van der Waals surface area contributed by atoms with Gasteiger partial charge in [-0.15, -0.1) is 0 Å². The molecule has 1 aliphatic heterocycles. The van der Waals surface area contributed by atoms with Crippen molar-refractivity contribution in [2.75, 3.05) is 29.9 Å². The first-order valence-corrected chi connectivity index (χ1v) is 6.93. The van der Waals surface area contributed by atoms with Crippen LogP contribution in [0.4, 0.5) is 11.6 Å². The lowest BCUT2D eigenvalue weighted by Crippen LogP contribution is -2.22. The van der Waals surface area contributed by atoms with Crippen LogP contribution in [0.5, 0.6) is 0 Å². The predicted molar refractivity (Wildman–Crippen MR) is 76.1 cm³/mol. The van der Waals surface area contributed by atoms with Crippen LogP contribution in [0.1, 0.15) is 32.8 Å². The maximum Gasteiger partial charge on any atom is 0.137 e. The van der Waals surface area contributed by atoms with E-state index in [9.17, 15) is 0 Å². The Labute approximate surface area is 110 Å². The van der Waals surface area contributed by atoms with Gasteiger partial charge < -0.3 is 10.2 Å². The highest BCUT2D eigenvalue weighted by atomic mass is 15.2. The van der Waals surface area contributed by atoms with Gasteiger partial charge in [0.1, 0.15) is 18.0 Å². The zero-order valence-electron chi connectivity index (χ0n) is 11.9. The van der Waals surface area contributed by atoms with Crippen LogP contribution in [0.2, 0.25) is 0 Å². The summed E-state index contributed by atoms with van der Waals surface area (Å²) in [5, 5.41) is 3.37. The van der Waals surface area contributed by atoms with Crippen LogP contribution in [0, 0.1) is 18.8 Å². The Bertz CT molecular complexity index is 395. The van der Waals surface area contributed by atoms with E-state index in [1.54, 1.807) is 6.33 Å². The monoisotopic (exact) mass is 248 g/mol. The first-order valence-electron chi connectivity index (χ1n) is 6.93. The molecule has 1 aromatic rings. The summed E-state index contributed by atoms with van der Waals surface area (Å²) in [6.45, 7) is 12.1. The van der Waals surface area contributed by atoms with Crippen LogP contribution in [0.25, 0.3) is 0 Å². The minimum Gasteiger partial charge on any atom is -0.370 e. The molecule has 1 N–H and O–H groups in total. The molecule has 0 aliphatic carbocycles. The molecule has 1 fully saturated rings. The summed E-state index contributed by atoms with van der Waals surface area (Å²) < 4.78 is 0. The number of anilines is 2. The van der Waals surface area contributed by atoms with Gasteiger partial charge in [-0.25, -0.2) is 9.97 Å². The molecule has 4 heteroatoms. The Kier molecular flexibility index (Phi) is 4.04. The van der Waals surface area contributed by atoms with Crippen LogP contribution >= 0.6 is 0 Å². The van der Waals surface area contributed by atoms with Crippen molar-refractivity contribution in [3.63, 3.8) is 0 Å². The molecule has 18 heavy (non-hydrogen) atoms. The molecule has 1 aromatic heterocycles. The summed E-state index contributed by atoms with van der Waals surface area (Å²) in [6, 6.07) is 0. The van der Waals surface area contributed by atoms with Crippen LogP contribution in [0.15, 0.2) is 6.33 Å². The zero-order valence-corrected chi connectivity index (χ0v) is 11.9. The smallest absolute Gasteiger partial charge is 0.137 e. The molecule has 2 unspecified atom stereocenters. The third-order valence-electron chi connectivity index (χ3n) is 3.89. The lowest BCUT2D eigenvalue weighted by atomic mass is 10.0. The maximum absolute atomic E-state index is 4.47. The fourth-order valence-electron chi connectivity index (χ4n) is 2.48. The predicted octanol–water partition coefficient (Wildman–Crippen LogP) is 2.70. The maximum atomic E-state index is 4.47. The fraction of sp³-hybridized carbons (Fsp3) is 0.714. The van der Waals surface area contributed by atoms with Crippen molar-refractivity contribution in [3.8, 4) is 0 Å². The van der Waals surface area contributed by atoms with E-state index in [1.165, 1.54) is 5.56 Å². The highest BCUT2D eigenvalue weighted by molar-refractivity contribution is 5.58. The van der Waals surface area contributed by atoms with Crippen molar-refractivity contribution in [3.05, 3.63) is 11.9 Å². The Morgan fingerprint density at radius 3 is 2.56 bits per heavy atom. The van der Waals surface area contributed by atoms with Gasteiger partial charge in [0.25, 0.3) is 0 Å². The summed E-state index contributed by atoms with van der Waals surface area (Å²) in [5.41, 5.74) is 1.17. The lowest BCUT2D eigenvalue weighted by molar-refractivity contribution is 0.494. The first kappa shape index (κ1) is 13.1. The molecule has 2 heterocycles. The number of aromatic nitrogens is 2. The van der Waals surface area contributed by atoms with Gasteiger partial charge in [0.2, 0.25) is 0 Å². The molecule has 1 aliphatic rings. The van der Waals surface area contributed by atoms with Crippen molar-refractivity contribution in [2.45, 2.75) is 34.1 Å². The van der Waals surface area contributed by atoms with Crippen molar-refractivity contribution in [1.82, 2.24) is 9.97 Å². The van der Waals surface area contributed by atoms with Crippen molar-refractivity contribution in [2.24, 2.45) is 11.8 Å². The van der Waals surface area contributed by atoms with Gasteiger partial charge in [0.05, 0.1) is 0 Å². The van der Waals surface area contributed by atoms with Gasteiger partial charge in [0, 0.05) is 25.2 Å². The van der Waals surface area contributed by atoms with Gasteiger partial charge in [-0.1, -0.05) is 20.8 Å². The summed E-state index contributed by atoms with van der Waals surface area (Å²) in [6.07, 6.45) is 2.78. The van der Waals surface area contributed by atoms with E-state index < -0.39 is 0 Å². The molecule has 0 spiro atoms. The Morgan fingerprint density at radius 1 is 1.28 bits per heavy atom. The SMILES string of the molecule is CCCNc1ncnc(N2CC(C)C(C)C2)c1C. The molecule has 100 valence electrons. The molecule has 0 aromatic carbocycles. The molecule has 2 rings (SSSR count). The normalized spacial score (nSPS) is 23.4. The highest BCUT2D eigenvalue weighted by Gasteiger charge is 2.28. The van der Waals surface area contributed by atoms with Gasteiger partial charge in [0.15, 0.2) is 0 Å². The molecule has 0 bridgehead atoms. The number of hydrogen-bond donors (Lipinski definition) is 1. The molecule has 0 radical (unpaired) electrons. The second-order valence-corrected chi connectivity index (χ2v) is 5.46. The average Bonchev–Trinajstić information content (AvgIpc) is 2.68. The summed E-state index contributed by atoms with van der Waals surface area (Å²) in [4.78, 5) is 11.2. The third-order valence-corrected chi connectivity index (χ3v) is 3.89. The van der Waals surface area contributed by atoms with E-state index in [4.69, 9.17) is 0 Å². The second kappa shape index (κ2) is 5.55. The summed E-state index contributed by atoms with van der Waals surface area (Å²) >= 11 is 0. The standard InChI is InChI=1S/C14H24N4/c1-5-6-15-13-12(4)14(17-9-16-13)18-7-10(2)11(3)8-18/h9-11H,5-8H2,1-4H3,(H,15,16,17). The minimum absolute atomic E-state index is 0.742. The number of rotatable bonds is 4. The molecule has 2 atom stereocenters. The van der Waals surface area contributed by atoms with Gasteiger partial charge in [-0.2, -0.15) is 0 Å². The number of hydrogen-bond acceptors (Lipinski definition) is 4. The lowest BCUT2D eigenvalue weighted by Gasteiger charge is -2.20. The van der Waals surface area contributed by atoms with E-state index in [2.05, 4.69) is 47.9 Å². The molecule has 1 saturated heterocycles. The van der Waals surface area contributed by atoms with Crippen molar-refractivity contribution >= 4 is 11.6 Å². The van der Waals surface area contributed by atoms with Crippen LogP contribution in [-0.2, 0) is 0 Å². The Morgan fingerprint density at radius 2 is 1.94 bits per heavy atom. The zero-order chi connectivity index (χ0) is 13.1. The van der Waals surface area contributed by atoms with Crippen molar-refractivity contribution in [1.29, 1.82) is 0 Å². The van der Waals surface area contributed by atoms with E-state index in [0.717, 1.165) is 49.5 Å². The Balaban J connectivity index is 2.18. The first-order chi connectivity index (χ1) is 8.63. The van der Waals surface area contributed by atoms with Crippen LogP contribution in [0.3, 0.4) is 0 Å². The molecular weight excluding hydrogens is 224 g/mol. The topological polar surface area (TPSA) is 41.1 Å². The van der Waals surface area contributed by atoms with E-state index in [-0.39, 0.29) is 0 Å².